The fourth-order valence-electron chi connectivity index (χ4n) is 2.19. The summed E-state index contributed by atoms with van der Waals surface area (Å²) in [6, 6.07) is 2.27. The summed E-state index contributed by atoms with van der Waals surface area (Å²) in [5.41, 5.74) is 0. The van der Waals surface area contributed by atoms with E-state index in [1.54, 1.807) is 13.1 Å². The zero-order valence-corrected chi connectivity index (χ0v) is 8.98. The van der Waals surface area contributed by atoms with Crippen LogP contribution in [0.4, 0.5) is 0 Å². The molecule has 0 saturated carbocycles. The Morgan fingerprint density at radius 1 is 1.73 bits per heavy atom. The van der Waals surface area contributed by atoms with Gasteiger partial charge in [-0.1, -0.05) is 5.16 Å². The van der Waals surface area contributed by atoms with Crippen LogP contribution in [0.1, 0.15) is 31.9 Å². The molecule has 1 aromatic heterocycles. The maximum Gasteiger partial charge on any atom is 0.150 e. The van der Waals surface area contributed by atoms with Gasteiger partial charge < -0.3 is 4.52 Å². The van der Waals surface area contributed by atoms with Crippen LogP contribution in [0.5, 0.6) is 0 Å². The molecule has 0 bridgehead atoms. The molecule has 0 N–H and O–H groups in total. The highest BCUT2D eigenvalue weighted by atomic mass is 16.5. The molecule has 15 heavy (non-hydrogen) atoms. The molecule has 1 atom stereocenters. The van der Waals surface area contributed by atoms with Crippen molar-refractivity contribution >= 4 is 5.78 Å². The normalized spacial score (nSPS) is 22.1. The summed E-state index contributed by atoms with van der Waals surface area (Å²) in [5, 5.41) is 3.68. The quantitative estimate of drug-likeness (QED) is 0.754. The number of carbonyl (C=O) groups is 1. The van der Waals surface area contributed by atoms with Crippen molar-refractivity contribution in [3.63, 3.8) is 0 Å². The van der Waals surface area contributed by atoms with Crippen LogP contribution in [0.3, 0.4) is 0 Å². The van der Waals surface area contributed by atoms with Crippen LogP contribution < -0.4 is 0 Å². The van der Waals surface area contributed by atoms with Gasteiger partial charge in [-0.3, -0.25) is 9.69 Å². The van der Waals surface area contributed by atoms with Gasteiger partial charge in [-0.2, -0.15) is 0 Å². The maximum absolute atomic E-state index is 11.1. The van der Waals surface area contributed by atoms with E-state index in [2.05, 4.69) is 10.1 Å². The lowest BCUT2D eigenvalue weighted by Gasteiger charge is -2.21. The summed E-state index contributed by atoms with van der Waals surface area (Å²) >= 11 is 0. The lowest BCUT2D eigenvalue weighted by Crippen LogP contribution is -2.30. The SMILES string of the molecule is CC(=O)CC1CCCN1Cc1ccno1. The van der Waals surface area contributed by atoms with Gasteiger partial charge in [0.2, 0.25) is 0 Å². The van der Waals surface area contributed by atoms with Crippen molar-refractivity contribution in [1.82, 2.24) is 10.1 Å². The van der Waals surface area contributed by atoms with E-state index in [0.29, 0.717) is 12.5 Å². The van der Waals surface area contributed by atoms with Crippen molar-refractivity contribution in [1.29, 1.82) is 0 Å². The Bertz CT molecular complexity index is 321. The molecule has 1 fully saturated rings. The molecule has 82 valence electrons. The van der Waals surface area contributed by atoms with E-state index in [0.717, 1.165) is 25.3 Å². The molecule has 1 unspecified atom stereocenters. The van der Waals surface area contributed by atoms with Crippen molar-refractivity contribution in [2.45, 2.75) is 38.8 Å². The molecular weight excluding hydrogens is 192 g/mol. The van der Waals surface area contributed by atoms with Crippen molar-refractivity contribution < 1.29 is 9.32 Å². The second kappa shape index (κ2) is 4.57. The van der Waals surface area contributed by atoms with Gasteiger partial charge in [-0.15, -0.1) is 0 Å². The summed E-state index contributed by atoms with van der Waals surface area (Å²) in [7, 11) is 0. The minimum atomic E-state index is 0.268. The second-order valence-electron chi connectivity index (χ2n) is 4.15. The average Bonchev–Trinajstić information content (AvgIpc) is 2.78. The number of hydrogen-bond donors (Lipinski definition) is 0. The average molecular weight is 208 g/mol. The Morgan fingerprint density at radius 2 is 2.60 bits per heavy atom. The van der Waals surface area contributed by atoms with Crippen LogP contribution in [0.15, 0.2) is 16.8 Å². The smallest absolute Gasteiger partial charge is 0.150 e. The Labute approximate surface area is 89.2 Å². The zero-order valence-electron chi connectivity index (χ0n) is 8.98. The Morgan fingerprint density at radius 3 is 3.27 bits per heavy atom. The van der Waals surface area contributed by atoms with Gasteiger partial charge in [-0.05, 0) is 26.3 Å². The number of rotatable bonds is 4. The van der Waals surface area contributed by atoms with Crippen LogP contribution in [-0.4, -0.2) is 28.4 Å². The van der Waals surface area contributed by atoms with Crippen LogP contribution in [-0.2, 0) is 11.3 Å². The summed E-state index contributed by atoms with van der Waals surface area (Å²) in [6.45, 7) is 3.49. The summed E-state index contributed by atoms with van der Waals surface area (Å²) in [4.78, 5) is 13.4. The molecule has 0 aliphatic carbocycles. The van der Waals surface area contributed by atoms with Crippen molar-refractivity contribution in [2.75, 3.05) is 6.54 Å². The van der Waals surface area contributed by atoms with E-state index >= 15 is 0 Å². The van der Waals surface area contributed by atoms with Gasteiger partial charge in [0.15, 0.2) is 5.76 Å². The van der Waals surface area contributed by atoms with Gasteiger partial charge >= 0.3 is 0 Å². The van der Waals surface area contributed by atoms with Crippen LogP contribution >= 0.6 is 0 Å². The van der Waals surface area contributed by atoms with Crippen LogP contribution in [0.2, 0.25) is 0 Å². The molecule has 4 nitrogen and oxygen atoms in total. The van der Waals surface area contributed by atoms with Gasteiger partial charge in [0, 0.05) is 18.5 Å². The molecule has 0 amide bonds. The number of carbonyl (C=O) groups excluding carboxylic acids is 1. The molecule has 4 heteroatoms. The number of hydrogen-bond acceptors (Lipinski definition) is 4. The number of nitrogens with zero attached hydrogens (tertiary/aromatic N) is 2. The van der Waals surface area contributed by atoms with Gasteiger partial charge in [-0.25, -0.2) is 0 Å². The lowest BCUT2D eigenvalue weighted by molar-refractivity contribution is -0.118. The molecule has 2 rings (SSSR count). The maximum atomic E-state index is 11.1. The first-order valence-electron chi connectivity index (χ1n) is 5.39. The fraction of sp³-hybridized carbons (Fsp3) is 0.636. The number of Topliss-reactive ketones (excluding diaryl/α,β-unsaturated/α-hetero) is 1. The molecule has 0 spiro atoms. The first-order chi connectivity index (χ1) is 7.25. The minimum absolute atomic E-state index is 0.268. The molecular formula is C11H16N2O2. The van der Waals surface area contributed by atoms with Gasteiger partial charge in [0.05, 0.1) is 12.7 Å². The predicted molar refractivity (Wildman–Crippen MR) is 55.2 cm³/mol. The van der Waals surface area contributed by atoms with Crippen molar-refractivity contribution in [2.24, 2.45) is 0 Å². The number of aromatic nitrogens is 1. The molecule has 1 aliphatic rings. The third kappa shape index (κ3) is 2.65. The topological polar surface area (TPSA) is 46.3 Å². The van der Waals surface area contributed by atoms with E-state index in [1.807, 2.05) is 6.07 Å². The molecule has 0 radical (unpaired) electrons. The zero-order chi connectivity index (χ0) is 10.7. The lowest BCUT2D eigenvalue weighted by atomic mass is 10.1. The number of ketones is 1. The molecule has 2 heterocycles. The van der Waals surface area contributed by atoms with E-state index in [4.69, 9.17) is 4.52 Å². The molecule has 1 aliphatic heterocycles. The standard InChI is InChI=1S/C11H16N2O2/c1-9(14)7-10-3-2-6-13(10)8-11-4-5-12-15-11/h4-5,10H,2-3,6-8H2,1H3. The molecule has 1 aromatic rings. The van der Waals surface area contributed by atoms with E-state index < -0.39 is 0 Å². The largest absolute Gasteiger partial charge is 0.360 e. The first kappa shape index (κ1) is 10.4. The third-order valence-electron chi connectivity index (χ3n) is 2.87. The monoisotopic (exact) mass is 208 g/mol. The molecule has 1 saturated heterocycles. The second-order valence-corrected chi connectivity index (χ2v) is 4.15. The van der Waals surface area contributed by atoms with Crippen LogP contribution in [0.25, 0.3) is 0 Å². The Hall–Kier alpha value is -1.16. The fourth-order valence-corrected chi connectivity index (χ4v) is 2.19. The minimum Gasteiger partial charge on any atom is -0.360 e. The van der Waals surface area contributed by atoms with E-state index in [1.165, 1.54) is 6.42 Å². The van der Waals surface area contributed by atoms with Gasteiger partial charge in [0.1, 0.15) is 5.78 Å². The highest BCUT2D eigenvalue weighted by molar-refractivity contribution is 5.76. The third-order valence-corrected chi connectivity index (χ3v) is 2.87. The Kier molecular flexibility index (Phi) is 3.16. The number of likely N-dealkylation sites (tertiary alicyclic amines) is 1. The predicted octanol–water partition coefficient (Wildman–Crippen LogP) is 1.62. The highest BCUT2D eigenvalue weighted by Crippen LogP contribution is 2.22. The molecule has 0 aromatic carbocycles. The van der Waals surface area contributed by atoms with E-state index in [-0.39, 0.29) is 5.78 Å². The summed E-state index contributed by atoms with van der Waals surface area (Å²) < 4.78 is 5.07. The van der Waals surface area contributed by atoms with Gasteiger partial charge in [0.25, 0.3) is 0 Å². The summed E-state index contributed by atoms with van der Waals surface area (Å²) in [5.74, 6) is 1.15. The van der Waals surface area contributed by atoms with Crippen molar-refractivity contribution in [3.05, 3.63) is 18.0 Å². The first-order valence-corrected chi connectivity index (χ1v) is 5.39. The van der Waals surface area contributed by atoms with Crippen molar-refractivity contribution in [3.8, 4) is 0 Å². The van der Waals surface area contributed by atoms with Crippen LogP contribution in [0, 0.1) is 0 Å². The highest BCUT2D eigenvalue weighted by Gasteiger charge is 2.26. The van der Waals surface area contributed by atoms with E-state index in [9.17, 15) is 4.79 Å². The summed E-state index contributed by atoms with van der Waals surface area (Å²) in [6.07, 6.45) is 4.61. The Balaban J connectivity index is 1.93.